The lowest BCUT2D eigenvalue weighted by molar-refractivity contribution is 0.466. The summed E-state index contributed by atoms with van der Waals surface area (Å²) in [5.74, 6) is 0. The molecule has 1 aromatic heterocycles. The normalized spacial score (nSPS) is 12.1. The van der Waals surface area contributed by atoms with Gasteiger partial charge in [0.05, 0.1) is 11.1 Å². The summed E-state index contributed by atoms with van der Waals surface area (Å²) in [4.78, 5) is 0.272. The standard InChI is InChI=1S/C13H16ClN3O2S/c1-10-6-12(14)4-5-13(10)20(18,19)17(3)9-11-7-15-16(2)8-11/h4-8H,9H2,1-3H3. The molecule has 0 saturated carbocycles. The van der Waals surface area contributed by atoms with Gasteiger partial charge in [0.2, 0.25) is 10.0 Å². The van der Waals surface area contributed by atoms with E-state index in [0.717, 1.165) is 5.56 Å². The number of sulfonamides is 1. The molecule has 0 amide bonds. The fraction of sp³-hybridized carbons (Fsp3) is 0.308. The van der Waals surface area contributed by atoms with Crippen molar-refractivity contribution >= 4 is 21.6 Å². The molecule has 0 N–H and O–H groups in total. The van der Waals surface area contributed by atoms with Gasteiger partial charge >= 0.3 is 0 Å². The molecule has 1 heterocycles. The minimum Gasteiger partial charge on any atom is -0.275 e. The first-order chi connectivity index (χ1) is 9.30. The van der Waals surface area contributed by atoms with Gasteiger partial charge in [-0.2, -0.15) is 9.40 Å². The Morgan fingerprint density at radius 2 is 2.10 bits per heavy atom. The Morgan fingerprint density at radius 1 is 1.40 bits per heavy atom. The highest BCUT2D eigenvalue weighted by Crippen LogP contribution is 2.23. The summed E-state index contributed by atoms with van der Waals surface area (Å²) in [6.07, 6.45) is 3.45. The Balaban J connectivity index is 2.29. The molecular weight excluding hydrogens is 298 g/mol. The number of hydrogen-bond donors (Lipinski definition) is 0. The van der Waals surface area contributed by atoms with Crippen LogP contribution in [0.2, 0.25) is 5.02 Å². The molecule has 7 heteroatoms. The van der Waals surface area contributed by atoms with E-state index in [1.54, 1.807) is 50.2 Å². The highest BCUT2D eigenvalue weighted by molar-refractivity contribution is 7.89. The van der Waals surface area contributed by atoms with Crippen LogP contribution in [0.15, 0.2) is 35.5 Å². The van der Waals surface area contributed by atoms with Crippen LogP contribution in [0.3, 0.4) is 0 Å². The van der Waals surface area contributed by atoms with Crippen LogP contribution in [0.4, 0.5) is 0 Å². The van der Waals surface area contributed by atoms with Gasteiger partial charge in [-0.25, -0.2) is 8.42 Å². The molecule has 108 valence electrons. The van der Waals surface area contributed by atoms with Crippen molar-refractivity contribution in [1.82, 2.24) is 14.1 Å². The molecule has 2 aromatic rings. The third-order valence-electron chi connectivity index (χ3n) is 2.99. The van der Waals surface area contributed by atoms with E-state index in [4.69, 9.17) is 11.6 Å². The molecule has 0 atom stereocenters. The van der Waals surface area contributed by atoms with Crippen molar-refractivity contribution in [2.45, 2.75) is 18.4 Å². The van der Waals surface area contributed by atoms with Crippen molar-refractivity contribution < 1.29 is 8.42 Å². The molecule has 20 heavy (non-hydrogen) atoms. The Labute approximate surface area is 123 Å². The molecule has 2 rings (SSSR count). The summed E-state index contributed by atoms with van der Waals surface area (Å²) >= 11 is 5.86. The zero-order chi connectivity index (χ0) is 14.9. The predicted molar refractivity (Wildman–Crippen MR) is 78.0 cm³/mol. The van der Waals surface area contributed by atoms with E-state index < -0.39 is 10.0 Å². The Kier molecular flexibility index (Phi) is 4.17. The van der Waals surface area contributed by atoms with Gasteiger partial charge in [0.1, 0.15) is 0 Å². The number of halogens is 1. The first kappa shape index (κ1) is 15.0. The number of nitrogens with zero attached hydrogens (tertiary/aromatic N) is 3. The number of benzene rings is 1. The average Bonchev–Trinajstić information content (AvgIpc) is 2.74. The SMILES string of the molecule is Cc1cc(Cl)ccc1S(=O)(=O)N(C)Cc1cnn(C)c1. The topological polar surface area (TPSA) is 55.2 Å². The molecule has 0 bridgehead atoms. The van der Waals surface area contributed by atoms with Gasteiger partial charge in [-0.3, -0.25) is 4.68 Å². The van der Waals surface area contributed by atoms with Crippen LogP contribution >= 0.6 is 11.6 Å². The van der Waals surface area contributed by atoms with Gasteiger partial charge in [-0.1, -0.05) is 11.6 Å². The van der Waals surface area contributed by atoms with Gasteiger partial charge in [0, 0.05) is 37.4 Å². The summed E-state index contributed by atoms with van der Waals surface area (Å²) in [5.41, 5.74) is 1.47. The minimum atomic E-state index is -3.54. The van der Waals surface area contributed by atoms with E-state index in [-0.39, 0.29) is 11.4 Å². The average molecular weight is 314 g/mol. The maximum absolute atomic E-state index is 12.5. The van der Waals surface area contributed by atoms with Crippen molar-refractivity contribution in [2.75, 3.05) is 7.05 Å². The molecule has 1 aromatic carbocycles. The number of hydrogen-bond acceptors (Lipinski definition) is 3. The molecule has 0 unspecified atom stereocenters. The van der Waals surface area contributed by atoms with Gasteiger partial charge in [0.25, 0.3) is 0 Å². The smallest absolute Gasteiger partial charge is 0.243 e. The van der Waals surface area contributed by atoms with Crippen molar-refractivity contribution in [1.29, 1.82) is 0 Å². The summed E-state index contributed by atoms with van der Waals surface area (Å²) < 4.78 is 28.0. The largest absolute Gasteiger partial charge is 0.275 e. The van der Waals surface area contributed by atoms with Crippen LogP contribution in [0.25, 0.3) is 0 Å². The highest BCUT2D eigenvalue weighted by Gasteiger charge is 2.23. The molecule has 0 saturated heterocycles. The third kappa shape index (κ3) is 3.03. The highest BCUT2D eigenvalue weighted by atomic mass is 35.5. The second-order valence-electron chi connectivity index (χ2n) is 4.69. The predicted octanol–water partition coefficient (Wildman–Crippen LogP) is 2.20. The molecule has 0 aliphatic heterocycles. The Bertz CT molecular complexity index is 725. The molecule has 0 spiro atoms. The van der Waals surface area contributed by atoms with Crippen LogP contribution in [0.1, 0.15) is 11.1 Å². The van der Waals surface area contributed by atoms with Gasteiger partial charge in [-0.05, 0) is 30.7 Å². The number of aromatic nitrogens is 2. The quantitative estimate of drug-likeness (QED) is 0.869. The maximum atomic E-state index is 12.5. The minimum absolute atomic E-state index is 0.272. The van der Waals surface area contributed by atoms with Crippen LogP contribution < -0.4 is 0 Å². The van der Waals surface area contributed by atoms with Gasteiger partial charge < -0.3 is 0 Å². The molecule has 0 aliphatic rings. The zero-order valence-corrected chi connectivity index (χ0v) is 13.1. The first-order valence-electron chi connectivity index (χ1n) is 6.01. The van der Waals surface area contributed by atoms with Crippen molar-refractivity contribution in [3.05, 3.63) is 46.7 Å². The van der Waals surface area contributed by atoms with E-state index in [0.29, 0.717) is 10.6 Å². The van der Waals surface area contributed by atoms with Gasteiger partial charge in [-0.15, -0.1) is 0 Å². The van der Waals surface area contributed by atoms with Crippen molar-refractivity contribution in [3.63, 3.8) is 0 Å². The monoisotopic (exact) mass is 313 g/mol. The van der Waals surface area contributed by atoms with Gasteiger partial charge in [0.15, 0.2) is 0 Å². The molecule has 0 radical (unpaired) electrons. The van der Waals surface area contributed by atoms with Crippen LogP contribution in [0, 0.1) is 6.92 Å². The first-order valence-corrected chi connectivity index (χ1v) is 7.82. The summed E-state index contributed by atoms with van der Waals surface area (Å²) in [6, 6.07) is 4.76. The fourth-order valence-electron chi connectivity index (χ4n) is 1.97. The fourth-order valence-corrected chi connectivity index (χ4v) is 3.55. The summed E-state index contributed by atoms with van der Waals surface area (Å²) in [5, 5.41) is 4.56. The van der Waals surface area contributed by atoms with Crippen LogP contribution in [0.5, 0.6) is 0 Å². The van der Waals surface area contributed by atoms with E-state index in [1.165, 1.54) is 10.4 Å². The maximum Gasteiger partial charge on any atom is 0.243 e. The third-order valence-corrected chi connectivity index (χ3v) is 5.19. The van der Waals surface area contributed by atoms with Crippen LogP contribution in [-0.4, -0.2) is 29.6 Å². The molecule has 0 aliphatic carbocycles. The van der Waals surface area contributed by atoms with E-state index in [1.807, 2.05) is 0 Å². The lowest BCUT2D eigenvalue weighted by Crippen LogP contribution is -2.27. The molecule has 5 nitrogen and oxygen atoms in total. The summed E-state index contributed by atoms with van der Waals surface area (Å²) in [6.45, 7) is 2.01. The van der Waals surface area contributed by atoms with Crippen LogP contribution in [-0.2, 0) is 23.6 Å². The molecule has 0 fully saturated rings. The zero-order valence-electron chi connectivity index (χ0n) is 11.5. The van der Waals surface area contributed by atoms with E-state index >= 15 is 0 Å². The second kappa shape index (κ2) is 5.55. The van der Waals surface area contributed by atoms with Crippen molar-refractivity contribution in [2.24, 2.45) is 7.05 Å². The molecular formula is C13H16ClN3O2S. The van der Waals surface area contributed by atoms with Crippen molar-refractivity contribution in [3.8, 4) is 0 Å². The Hall–Kier alpha value is -1.37. The van der Waals surface area contributed by atoms with E-state index in [2.05, 4.69) is 5.10 Å². The number of aryl methyl sites for hydroxylation is 2. The number of rotatable bonds is 4. The lowest BCUT2D eigenvalue weighted by Gasteiger charge is -2.17. The Morgan fingerprint density at radius 3 is 2.65 bits per heavy atom. The lowest BCUT2D eigenvalue weighted by atomic mass is 10.2. The summed E-state index contributed by atoms with van der Waals surface area (Å²) in [7, 11) is -0.193. The van der Waals surface area contributed by atoms with E-state index in [9.17, 15) is 8.42 Å². The second-order valence-corrected chi connectivity index (χ2v) is 7.14.